The summed E-state index contributed by atoms with van der Waals surface area (Å²) in [5.74, 6) is 5.86. The Labute approximate surface area is 115 Å². The van der Waals surface area contributed by atoms with E-state index in [0.29, 0.717) is 23.7 Å². The van der Waals surface area contributed by atoms with Gasteiger partial charge in [-0.2, -0.15) is 0 Å². The molecule has 106 valence electrons. The predicted molar refractivity (Wildman–Crippen MR) is 79.9 cm³/mol. The Balaban J connectivity index is 2.79. The van der Waals surface area contributed by atoms with Crippen LogP contribution in [0, 0.1) is 18.3 Å². The van der Waals surface area contributed by atoms with E-state index < -0.39 is 0 Å². The van der Waals surface area contributed by atoms with Gasteiger partial charge in [-0.05, 0) is 36.0 Å². The van der Waals surface area contributed by atoms with Crippen molar-refractivity contribution in [1.29, 1.82) is 0 Å². The highest BCUT2D eigenvalue weighted by Gasteiger charge is 2.23. The molecule has 0 aliphatic carbocycles. The first-order valence-corrected chi connectivity index (χ1v) is 6.63. The Hall–Kier alpha value is -1.55. The third kappa shape index (κ3) is 3.96. The lowest BCUT2D eigenvalue weighted by molar-refractivity contribution is 0.0925. The molecular formula is C15H25N3O. The maximum absolute atomic E-state index is 12.2. The minimum Gasteiger partial charge on any atom is -0.351 e. The SMILES string of the molecule is Cc1ccc(C(=O)NCC(C)(C)C(C)C)c(NN)c1. The molecule has 1 amide bonds. The van der Waals surface area contributed by atoms with Crippen LogP contribution in [0.5, 0.6) is 0 Å². The molecule has 4 heteroatoms. The Morgan fingerprint density at radius 3 is 2.53 bits per heavy atom. The summed E-state index contributed by atoms with van der Waals surface area (Å²) < 4.78 is 0. The molecule has 0 bridgehead atoms. The van der Waals surface area contributed by atoms with Crippen LogP contribution in [-0.4, -0.2) is 12.5 Å². The van der Waals surface area contributed by atoms with E-state index in [1.54, 1.807) is 6.07 Å². The van der Waals surface area contributed by atoms with Crippen molar-refractivity contribution < 1.29 is 4.79 Å². The number of hydrazine groups is 1. The number of nitrogens with two attached hydrogens (primary N) is 1. The minimum atomic E-state index is -0.0957. The zero-order chi connectivity index (χ0) is 14.6. The Bertz CT molecular complexity index is 453. The van der Waals surface area contributed by atoms with E-state index in [-0.39, 0.29) is 11.3 Å². The number of carbonyl (C=O) groups is 1. The summed E-state index contributed by atoms with van der Waals surface area (Å²) in [6.07, 6.45) is 0. The summed E-state index contributed by atoms with van der Waals surface area (Å²) in [6, 6.07) is 5.56. The highest BCUT2D eigenvalue weighted by Crippen LogP contribution is 2.25. The molecule has 4 N–H and O–H groups in total. The predicted octanol–water partition coefficient (Wildman–Crippen LogP) is 2.69. The topological polar surface area (TPSA) is 67.2 Å². The fourth-order valence-electron chi connectivity index (χ4n) is 1.58. The molecule has 0 aliphatic heterocycles. The fourth-order valence-corrected chi connectivity index (χ4v) is 1.58. The lowest BCUT2D eigenvalue weighted by atomic mass is 9.81. The van der Waals surface area contributed by atoms with Crippen LogP contribution in [0.3, 0.4) is 0 Å². The minimum absolute atomic E-state index is 0.0661. The van der Waals surface area contributed by atoms with Crippen LogP contribution in [0.4, 0.5) is 5.69 Å². The van der Waals surface area contributed by atoms with Gasteiger partial charge in [0.1, 0.15) is 0 Å². The first-order valence-electron chi connectivity index (χ1n) is 6.63. The molecule has 4 nitrogen and oxygen atoms in total. The standard InChI is InChI=1S/C15H25N3O/c1-10(2)15(4,5)9-17-14(19)12-7-6-11(3)8-13(12)18-16/h6-8,10,18H,9,16H2,1-5H3,(H,17,19). The number of rotatable bonds is 5. The van der Waals surface area contributed by atoms with Crippen LogP contribution in [0.1, 0.15) is 43.6 Å². The van der Waals surface area contributed by atoms with E-state index in [4.69, 9.17) is 5.84 Å². The van der Waals surface area contributed by atoms with Crippen LogP contribution >= 0.6 is 0 Å². The van der Waals surface area contributed by atoms with Crippen molar-refractivity contribution in [3.63, 3.8) is 0 Å². The highest BCUT2D eigenvalue weighted by atomic mass is 16.1. The van der Waals surface area contributed by atoms with E-state index in [1.165, 1.54) is 0 Å². The first kappa shape index (κ1) is 15.5. The molecule has 0 aliphatic rings. The quantitative estimate of drug-likeness (QED) is 0.565. The van der Waals surface area contributed by atoms with Crippen molar-refractivity contribution in [2.24, 2.45) is 17.2 Å². The van der Waals surface area contributed by atoms with Gasteiger partial charge in [-0.25, -0.2) is 0 Å². The average Bonchev–Trinajstić information content (AvgIpc) is 2.35. The molecule has 0 aromatic heterocycles. The molecule has 1 rings (SSSR count). The molecule has 1 aromatic rings. The van der Waals surface area contributed by atoms with E-state index in [9.17, 15) is 4.79 Å². The third-order valence-electron chi connectivity index (χ3n) is 3.84. The lowest BCUT2D eigenvalue weighted by Gasteiger charge is -2.29. The van der Waals surface area contributed by atoms with Gasteiger partial charge < -0.3 is 10.7 Å². The molecule has 1 aromatic carbocycles. The monoisotopic (exact) mass is 263 g/mol. The van der Waals surface area contributed by atoms with Crippen molar-refractivity contribution in [3.05, 3.63) is 29.3 Å². The number of amides is 1. The van der Waals surface area contributed by atoms with E-state index in [0.717, 1.165) is 5.56 Å². The maximum atomic E-state index is 12.2. The second-order valence-corrected chi connectivity index (χ2v) is 6.02. The van der Waals surface area contributed by atoms with Gasteiger partial charge in [0.05, 0.1) is 11.3 Å². The number of anilines is 1. The number of benzene rings is 1. The van der Waals surface area contributed by atoms with Crippen molar-refractivity contribution in [2.75, 3.05) is 12.0 Å². The number of carbonyl (C=O) groups excluding carboxylic acids is 1. The number of hydrogen-bond donors (Lipinski definition) is 3. The molecule has 19 heavy (non-hydrogen) atoms. The van der Waals surface area contributed by atoms with Gasteiger partial charge in [-0.3, -0.25) is 10.6 Å². The van der Waals surface area contributed by atoms with Crippen LogP contribution in [-0.2, 0) is 0 Å². The Morgan fingerprint density at radius 1 is 1.37 bits per heavy atom. The van der Waals surface area contributed by atoms with E-state index in [2.05, 4.69) is 38.4 Å². The molecule has 0 unspecified atom stereocenters. The van der Waals surface area contributed by atoms with Crippen LogP contribution < -0.4 is 16.6 Å². The molecule has 0 saturated heterocycles. The highest BCUT2D eigenvalue weighted by molar-refractivity contribution is 5.99. The summed E-state index contributed by atoms with van der Waals surface area (Å²) in [7, 11) is 0. The Kier molecular flexibility index (Phi) is 4.95. The van der Waals surface area contributed by atoms with Crippen molar-refractivity contribution in [2.45, 2.75) is 34.6 Å². The summed E-state index contributed by atoms with van der Waals surface area (Å²) in [5.41, 5.74) is 4.93. The fraction of sp³-hybridized carbons (Fsp3) is 0.533. The van der Waals surface area contributed by atoms with Gasteiger partial charge in [0.2, 0.25) is 0 Å². The zero-order valence-electron chi connectivity index (χ0n) is 12.5. The molecular weight excluding hydrogens is 238 g/mol. The molecule has 0 atom stereocenters. The van der Waals surface area contributed by atoms with Gasteiger partial charge in [0.25, 0.3) is 5.91 Å². The number of nitrogens with one attached hydrogen (secondary N) is 2. The largest absolute Gasteiger partial charge is 0.351 e. The summed E-state index contributed by atoms with van der Waals surface area (Å²) in [5, 5.41) is 2.98. The Morgan fingerprint density at radius 2 is 2.00 bits per heavy atom. The van der Waals surface area contributed by atoms with E-state index >= 15 is 0 Å². The van der Waals surface area contributed by atoms with Crippen molar-refractivity contribution in [1.82, 2.24) is 5.32 Å². The second-order valence-electron chi connectivity index (χ2n) is 6.02. The zero-order valence-corrected chi connectivity index (χ0v) is 12.5. The van der Waals surface area contributed by atoms with Gasteiger partial charge in [-0.1, -0.05) is 33.8 Å². The normalized spacial score (nSPS) is 11.5. The van der Waals surface area contributed by atoms with Gasteiger partial charge >= 0.3 is 0 Å². The number of hydrogen-bond acceptors (Lipinski definition) is 3. The number of nitrogen functional groups attached to an aromatic ring is 1. The van der Waals surface area contributed by atoms with Crippen LogP contribution in [0.25, 0.3) is 0 Å². The van der Waals surface area contributed by atoms with Gasteiger partial charge in [0, 0.05) is 6.54 Å². The molecule has 0 spiro atoms. The molecule has 0 radical (unpaired) electrons. The van der Waals surface area contributed by atoms with Gasteiger partial charge in [-0.15, -0.1) is 0 Å². The average molecular weight is 263 g/mol. The smallest absolute Gasteiger partial charge is 0.253 e. The van der Waals surface area contributed by atoms with Crippen molar-refractivity contribution in [3.8, 4) is 0 Å². The molecule has 0 heterocycles. The summed E-state index contributed by atoms with van der Waals surface area (Å²) in [6.45, 7) is 11.2. The van der Waals surface area contributed by atoms with Gasteiger partial charge in [0.15, 0.2) is 0 Å². The molecule has 0 saturated carbocycles. The summed E-state index contributed by atoms with van der Waals surface area (Å²) in [4.78, 5) is 12.2. The third-order valence-corrected chi connectivity index (χ3v) is 3.84. The first-order chi connectivity index (χ1) is 8.77. The van der Waals surface area contributed by atoms with Crippen LogP contribution in [0.15, 0.2) is 18.2 Å². The number of aryl methyl sites for hydroxylation is 1. The summed E-state index contributed by atoms with van der Waals surface area (Å²) >= 11 is 0. The maximum Gasteiger partial charge on any atom is 0.253 e. The van der Waals surface area contributed by atoms with Crippen molar-refractivity contribution >= 4 is 11.6 Å². The lowest BCUT2D eigenvalue weighted by Crippen LogP contribution is -2.37. The second kappa shape index (κ2) is 6.06. The van der Waals surface area contributed by atoms with E-state index in [1.807, 2.05) is 19.1 Å². The van der Waals surface area contributed by atoms with Crippen LogP contribution in [0.2, 0.25) is 0 Å². The molecule has 0 fully saturated rings.